The first-order valence-corrected chi connectivity index (χ1v) is 7.30. The second-order valence-electron chi connectivity index (χ2n) is 5.80. The van der Waals surface area contributed by atoms with Crippen molar-refractivity contribution in [1.82, 2.24) is 0 Å². The van der Waals surface area contributed by atoms with E-state index >= 15 is 0 Å². The van der Waals surface area contributed by atoms with Crippen LogP contribution < -0.4 is 5.32 Å². The molecule has 0 atom stereocenters. The Morgan fingerprint density at radius 3 is 1.62 bits per heavy atom. The van der Waals surface area contributed by atoms with Crippen molar-refractivity contribution in [1.29, 1.82) is 0 Å². The zero-order valence-electron chi connectivity index (χ0n) is 14.0. The SMILES string of the molecule is Cc1cc(C)c(Nc2c([N+](=O)[O-])cc(C(F)(F)F)cc2[N+](=O)[O-])c(C)c1. The van der Waals surface area contributed by atoms with E-state index in [-0.39, 0.29) is 12.1 Å². The molecule has 26 heavy (non-hydrogen) atoms. The van der Waals surface area contributed by atoms with E-state index in [9.17, 15) is 33.4 Å². The van der Waals surface area contributed by atoms with Gasteiger partial charge in [0.15, 0.2) is 5.69 Å². The van der Waals surface area contributed by atoms with Crippen LogP contribution in [0.1, 0.15) is 22.3 Å². The van der Waals surface area contributed by atoms with Gasteiger partial charge in [0.1, 0.15) is 0 Å². The summed E-state index contributed by atoms with van der Waals surface area (Å²) in [5, 5.41) is 25.1. The van der Waals surface area contributed by atoms with Crippen molar-refractivity contribution in [2.24, 2.45) is 0 Å². The number of nitro benzene ring substituents is 2. The molecule has 1 N–H and O–H groups in total. The minimum absolute atomic E-state index is 0.286. The first-order chi connectivity index (χ1) is 11.9. The van der Waals surface area contributed by atoms with Crippen LogP contribution in [0.5, 0.6) is 0 Å². The molecule has 0 aliphatic rings. The lowest BCUT2D eigenvalue weighted by Gasteiger charge is -2.15. The van der Waals surface area contributed by atoms with Gasteiger partial charge >= 0.3 is 6.18 Å². The molecule has 0 amide bonds. The van der Waals surface area contributed by atoms with E-state index < -0.39 is 38.6 Å². The van der Waals surface area contributed by atoms with Gasteiger partial charge in [0, 0.05) is 17.8 Å². The minimum Gasteiger partial charge on any atom is -0.344 e. The predicted molar refractivity (Wildman–Crippen MR) is 88.7 cm³/mol. The van der Waals surface area contributed by atoms with Gasteiger partial charge in [-0.1, -0.05) is 17.7 Å². The second-order valence-corrected chi connectivity index (χ2v) is 5.80. The topological polar surface area (TPSA) is 98.3 Å². The van der Waals surface area contributed by atoms with Crippen molar-refractivity contribution in [2.75, 3.05) is 5.32 Å². The fourth-order valence-electron chi connectivity index (χ4n) is 2.69. The van der Waals surface area contributed by atoms with E-state index in [4.69, 9.17) is 0 Å². The Morgan fingerprint density at radius 2 is 1.27 bits per heavy atom. The Bertz CT molecular complexity index is 852. The van der Waals surface area contributed by atoms with Gasteiger partial charge in [0.05, 0.1) is 15.4 Å². The molecule has 2 aromatic carbocycles. The Balaban J connectivity index is 2.75. The minimum atomic E-state index is -4.95. The van der Waals surface area contributed by atoms with E-state index in [1.54, 1.807) is 26.0 Å². The number of alkyl halides is 3. The lowest BCUT2D eigenvalue weighted by atomic mass is 10.0. The fourth-order valence-corrected chi connectivity index (χ4v) is 2.69. The molecule has 0 aliphatic carbocycles. The maximum Gasteiger partial charge on any atom is 0.416 e. The van der Waals surface area contributed by atoms with Crippen LogP contribution in [0.3, 0.4) is 0 Å². The van der Waals surface area contributed by atoms with Crippen LogP contribution in [0, 0.1) is 41.0 Å². The normalized spacial score (nSPS) is 11.3. The van der Waals surface area contributed by atoms with Crippen LogP contribution in [0.2, 0.25) is 0 Å². The van der Waals surface area contributed by atoms with Crippen LogP contribution in [-0.2, 0) is 6.18 Å². The van der Waals surface area contributed by atoms with Crippen LogP contribution in [0.25, 0.3) is 0 Å². The number of aryl methyl sites for hydroxylation is 3. The van der Waals surface area contributed by atoms with Crippen LogP contribution in [-0.4, -0.2) is 9.85 Å². The number of nitrogens with one attached hydrogen (secondary N) is 1. The Hall–Kier alpha value is -3.17. The van der Waals surface area contributed by atoms with Crippen LogP contribution in [0.15, 0.2) is 24.3 Å². The number of nitrogens with zero attached hydrogens (tertiary/aromatic N) is 2. The van der Waals surface area contributed by atoms with Crippen molar-refractivity contribution in [3.63, 3.8) is 0 Å². The third kappa shape index (κ3) is 3.73. The third-order valence-corrected chi connectivity index (χ3v) is 3.74. The Labute approximate surface area is 145 Å². The van der Waals surface area contributed by atoms with Gasteiger partial charge in [-0.2, -0.15) is 13.2 Å². The van der Waals surface area contributed by atoms with E-state index in [1.165, 1.54) is 0 Å². The van der Waals surface area contributed by atoms with E-state index in [2.05, 4.69) is 5.32 Å². The maximum absolute atomic E-state index is 12.9. The summed E-state index contributed by atoms with van der Waals surface area (Å²) in [4.78, 5) is 20.4. The van der Waals surface area contributed by atoms with Crippen molar-refractivity contribution >= 4 is 22.7 Å². The highest BCUT2D eigenvalue weighted by Crippen LogP contribution is 2.43. The first kappa shape index (κ1) is 19.2. The standard InChI is InChI=1S/C16H14F3N3O4/c1-8-4-9(2)14(10(3)5-8)20-15-12(21(23)24)6-11(16(17,18)19)7-13(15)22(25)26/h4-7,20H,1-3H3. The summed E-state index contributed by atoms with van der Waals surface area (Å²) in [5.41, 5.74) is -1.54. The number of hydrogen-bond acceptors (Lipinski definition) is 5. The average Bonchev–Trinajstić information content (AvgIpc) is 2.48. The molecule has 0 spiro atoms. The van der Waals surface area contributed by atoms with Gasteiger partial charge in [0.25, 0.3) is 11.4 Å². The number of anilines is 2. The average molecular weight is 369 g/mol. The smallest absolute Gasteiger partial charge is 0.344 e. The quantitative estimate of drug-likeness (QED) is 0.591. The maximum atomic E-state index is 12.9. The number of benzene rings is 2. The van der Waals surface area contributed by atoms with Gasteiger partial charge in [-0.3, -0.25) is 20.2 Å². The molecule has 0 heterocycles. The summed E-state index contributed by atoms with van der Waals surface area (Å²) >= 11 is 0. The molecule has 10 heteroatoms. The van der Waals surface area contributed by atoms with Crippen molar-refractivity contribution < 1.29 is 23.0 Å². The highest BCUT2D eigenvalue weighted by molar-refractivity contribution is 5.81. The van der Waals surface area contributed by atoms with Crippen molar-refractivity contribution in [3.05, 3.63) is 66.7 Å². The highest BCUT2D eigenvalue weighted by Gasteiger charge is 2.37. The number of halogens is 3. The fraction of sp³-hybridized carbons (Fsp3) is 0.250. The number of hydrogen-bond donors (Lipinski definition) is 1. The Kier molecular flexibility index (Phi) is 4.88. The van der Waals surface area contributed by atoms with Gasteiger partial charge in [-0.15, -0.1) is 0 Å². The van der Waals surface area contributed by atoms with E-state index in [0.717, 1.165) is 5.56 Å². The molecular formula is C16H14F3N3O4. The molecule has 7 nitrogen and oxygen atoms in total. The molecular weight excluding hydrogens is 355 g/mol. The van der Waals surface area contributed by atoms with Crippen LogP contribution >= 0.6 is 0 Å². The molecule has 2 rings (SSSR count). The van der Waals surface area contributed by atoms with Crippen molar-refractivity contribution in [2.45, 2.75) is 26.9 Å². The monoisotopic (exact) mass is 369 g/mol. The largest absolute Gasteiger partial charge is 0.416 e. The number of nitro groups is 2. The predicted octanol–water partition coefficient (Wildman–Crippen LogP) is 5.19. The van der Waals surface area contributed by atoms with Gasteiger partial charge < -0.3 is 5.32 Å². The molecule has 0 fully saturated rings. The summed E-state index contributed by atoms with van der Waals surface area (Å²) < 4.78 is 38.8. The molecule has 0 unspecified atom stereocenters. The molecule has 0 aliphatic heterocycles. The summed E-state index contributed by atoms with van der Waals surface area (Å²) in [6, 6.07) is 4.07. The molecule has 0 bridgehead atoms. The lowest BCUT2D eigenvalue weighted by molar-refractivity contribution is -0.392. The summed E-state index contributed by atoms with van der Waals surface area (Å²) in [6.07, 6.45) is -4.95. The van der Waals surface area contributed by atoms with E-state index in [0.29, 0.717) is 16.8 Å². The van der Waals surface area contributed by atoms with Crippen LogP contribution in [0.4, 0.5) is 35.9 Å². The zero-order valence-corrected chi connectivity index (χ0v) is 14.0. The second kappa shape index (κ2) is 6.62. The summed E-state index contributed by atoms with van der Waals surface area (Å²) in [5.74, 6) is 0. The molecule has 0 saturated heterocycles. The lowest BCUT2D eigenvalue weighted by Crippen LogP contribution is -2.10. The van der Waals surface area contributed by atoms with Gasteiger partial charge in [-0.25, -0.2) is 0 Å². The summed E-state index contributed by atoms with van der Waals surface area (Å²) in [6.45, 7) is 5.20. The highest BCUT2D eigenvalue weighted by atomic mass is 19.4. The molecule has 0 saturated carbocycles. The zero-order chi connectivity index (χ0) is 19.8. The molecule has 2 aromatic rings. The molecule has 0 radical (unpaired) electrons. The van der Waals surface area contributed by atoms with E-state index in [1.807, 2.05) is 6.92 Å². The first-order valence-electron chi connectivity index (χ1n) is 7.30. The third-order valence-electron chi connectivity index (χ3n) is 3.74. The van der Waals surface area contributed by atoms with Crippen molar-refractivity contribution in [3.8, 4) is 0 Å². The summed E-state index contributed by atoms with van der Waals surface area (Å²) in [7, 11) is 0. The number of rotatable bonds is 4. The molecule has 138 valence electrons. The Morgan fingerprint density at radius 1 is 0.846 bits per heavy atom. The van der Waals surface area contributed by atoms with Gasteiger partial charge in [0.2, 0.25) is 0 Å². The molecule has 0 aromatic heterocycles. The van der Waals surface area contributed by atoms with Gasteiger partial charge in [-0.05, 0) is 31.9 Å².